The average Bonchev–Trinajstić information content (AvgIpc) is 3.45. The van der Waals surface area contributed by atoms with E-state index < -0.39 is 17.1 Å². The summed E-state index contributed by atoms with van der Waals surface area (Å²) < 4.78 is 19.0. The van der Waals surface area contributed by atoms with Crippen molar-refractivity contribution in [1.29, 1.82) is 0 Å². The predicted octanol–water partition coefficient (Wildman–Crippen LogP) is -1.07. The molecule has 3 aliphatic rings. The molecule has 0 amide bonds. The van der Waals surface area contributed by atoms with E-state index in [9.17, 15) is 14.4 Å². The van der Waals surface area contributed by atoms with Crippen LogP contribution in [0.1, 0.15) is 25.7 Å². The van der Waals surface area contributed by atoms with Gasteiger partial charge in [0.1, 0.15) is 0 Å². The Bertz CT molecular complexity index is 741. The zero-order valence-corrected chi connectivity index (χ0v) is 14.1. The molecular formula is C16H23N3O6. The predicted molar refractivity (Wildman–Crippen MR) is 86.9 cm³/mol. The Hall–Kier alpha value is -1.71. The van der Waals surface area contributed by atoms with Crippen LogP contribution in [0.4, 0.5) is 0 Å². The van der Waals surface area contributed by atoms with E-state index in [-0.39, 0.29) is 24.9 Å². The Kier molecular flexibility index (Phi) is 4.61. The van der Waals surface area contributed by atoms with Gasteiger partial charge < -0.3 is 14.2 Å². The van der Waals surface area contributed by atoms with Crippen molar-refractivity contribution >= 4 is 0 Å². The van der Waals surface area contributed by atoms with Crippen molar-refractivity contribution in [2.45, 2.75) is 63.6 Å². The smallest absolute Gasteiger partial charge is 0.336 e. The number of nitrogens with zero attached hydrogens (tertiary/aromatic N) is 3. The molecule has 138 valence electrons. The molecule has 3 unspecified atom stereocenters. The molecule has 4 heterocycles. The average molecular weight is 353 g/mol. The Morgan fingerprint density at radius 1 is 0.680 bits per heavy atom. The summed E-state index contributed by atoms with van der Waals surface area (Å²) in [4.78, 5) is 37.9. The minimum atomic E-state index is -0.538. The van der Waals surface area contributed by atoms with Crippen LogP contribution in [0.25, 0.3) is 0 Å². The second-order valence-electron chi connectivity index (χ2n) is 6.91. The Balaban J connectivity index is 1.58. The maximum absolute atomic E-state index is 12.7. The molecule has 9 nitrogen and oxygen atoms in total. The molecule has 0 radical (unpaired) electrons. The summed E-state index contributed by atoms with van der Waals surface area (Å²) in [6.07, 6.45) is 3.38. The fraction of sp³-hybridized carbons (Fsp3) is 0.812. The number of rotatable bonds is 10. The molecule has 9 heteroatoms. The van der Waals surface area contributed by atoms with Crippen molar-refractivity contribution in [2.24, 2.45) is 0 Å². The number of hydrogen-bond acceptors (Lipinski definition) is 6. The van der Waals surface area contributed by atoms with E-state index in [0.29, 0.717) is 32.5 Å². The Morgan fingerprint density at radius 2 is 1.08 bits per heavy atom. The van der Waals surface area contributed by atoms with Gasteiger partial charge in [-0.15, -0.1) is 0 Å². The first-order valence-electron chi connectivity index (χ1n) is 8.93. The molecular weight excluding hydrogens is 330 g/mol. The highest BCUT2D eigenvalue weighted by Gasteiger charge is 2.27. The number of aromatic nitrogens is 3. The maximum atomic E-state index is 12.7. The summed E-state index contributed by atoms with van der Waals surface area (Å²) >= 11 is 0. The van der Waals surface area contributed by atoms with E-state index in [1.165, 1.54) is 9.13 Å². The van der Waals surface area contributed by atoms with Crippen LogP contribution in [0.15, 0.2) is 14.4 Å². The van der Waals surface area contributed by atoms with E-state index in [1.54, 1.807) is 0 Å². The van der Waals surface area contributed by atoms with E-state index in [1.807, 2.05) is 0 Å². The van der Waals surface area contributed by atoms with Gasteiger partial charge in [0.2, 0.25) is 0 Å². The van der Waals surface area contributed by atoms with Crippen molar-refractivity contribution in [2.75, 3.05) is 19.8 Å². The van der Waals surface area contributed by atoms with Crippen LogP contribution in [0.5, 0.6) is 0 Å². The first kappa shape index (κ1) is 16.7. The van der Waals surface area contributed by atoms with Crippen LogP contribution >= 0.6 is 0 Å². The second-order valence-corrected chi connectivity index (χ2v) is 6.91. The van der Waals surface area contributed by atoms with E-state index in [0.717, 1.165) is 30.6 Å². The van der Waals surface area contributed by atoms with Gasteiger partial charge in [-0.25, -0.2) is 28.1 Å². The first-order valence-corrected chi connectivity index (χ1v) is 8.93. The molecule has 0 spiro atoms. The zero-order valence-electron chi connectivity index (χ0n) is 14.1. The molecule has 0 saturated carbocycles. The molecule has 3 aliphatic heterocycles. The van der Waals surface area contributed by atoms with Gasteiger partial charge in [-0.2, -0.15) is 0 Å². The van der Waals surface area contributed by atoms with E-state index >= 15 is 0 Å². The molecule has 25 heavy (non-hydrogen) atoms. The summed E-state index contributed by atoms with van der Waals surface area (Å²) in [5, 5.41) is 0. The van der Waals surface area contributed by atoms with Gasteiger partial charge in [-0.05, 0) is 25.7 Å². The minimum absolute atomic E-state index is 0.107. The third kappa shape index (κ3) is 4.10. The van der Waals surface area contributed by atoms with Crippen LogP contribution in [0.3, 0.4) is 0 Å². The molecule has 1 aromatic heterocycles. The van der Waals surface area contributed by atoms with Crippen molar-refractivity contribution < 1.29 is 14.2 Å². The Labute approximate surface area is 143 Å². The van der Waals surface area contributed by atoms with Crippen molar-refractivity contribution in [1.82, 2.24) is 13.7 Å². The third-order valence-corrected chi connectivity index (χ3v) is 4.79. The van der Waals surface area contributed by atoms with Gasteiger partial charge >= 0.3 is 17.1 Å². The first-order chi connectivity index (χ1) is 12.1. The van der Waals surface area contributed by atoms with E-state index in [2.05, 4.69) is 0 Å². The van der Waals surface area contributed by atoms with Gasteiger partial charge in [0, 0.05) is 13.1 Å². The zero-order chi connectivity index (χ0) is 17.4. The highest BCUT2D eigenvalue weighted by Crippen LogP contribution is 2.16. The minimum Gasteiger partial charge on any atom is -0.373 e. The summed E-state index contributed by atoms with van der Waals surface area (Å²) in [6.45, 7) is 2.85. The molecule has 1 aromatic rings. The topological polar surface area (TPSA) is 104 Å². The van der Waals surface area contributed by atoms with E-state index in [4.69, 9.17) is 14.2 Å². The summed E-state index contributed by atoms with van der Waals surface area (Å²) in [5.41, 5.74) is -1.59. The second kappa shape index (κ2) is 6.89. The molecule has 4 rings (SSSR count). The van der Waals surface area contributed by atoms with Gasteiger partial charge in [-0.3, -0.25) is 0 Å². The van der Waals surface area contributed by atoms with Gasteiger partial charge in [0.25, 0.3) is 0 Å². The van der Waals surface area contributed by atoms with Crippen LogP contribution in [0.2, 0.25) is 0 Å². The number of epoxide rings is 3. The lowest BCUT2D eigenvalue weighted by molar-refractivity contribution is 0.347. The van der Waals surface area contributed by atoms with Crippen LogP contribution in [-0.4, -0.2) is 51.8 Å². The molecule has 3 saturated heterocycles. The van der Waals surface area contributed by atoms with Crippen molar-refractivity contribution in [3.8, 4) is 0 Å². The maximum Gasteiger partial charge on any atom is 0.336 e. The lowest BCUT2D eigenvalue weighted by Crippen LogP contribution is -2.55. The standard InChI is InChI=1S/C16H23N3O6/c20-14-17(5-1-3-11-8-23-11)15(21)19(7-13-10-25-13)16(22)18(14)6-2-4-12-9-24-12/h11-13H,1-10H2. The highest BCUT2D eigenvalue weighted by molar-refractivity contribution is 4.83. The SMILES string of the molecule is O=c1n(CCCC2CO2)c(=O)n(CC2CO2)c(=O)n1CCCC1CO1. The molecule has 3 fully saturated rings. The highest BCUT2D eigenvalue weighted by atomic mass is 16.6. The summed E-state index contributed by atoms with van der Waals surface area (Å²) in [5.74, 6) is 0. The quantitative estimate of drug-likeness (QED) is 0.496. The largest absolute Gasteiger partial charge is 0.373 e. The molecule has 0 aliphatic carbocycles. The summed E-state index contributed by atoms with van der Waals surface area (Å²) in [7, 11) is 0. The normalized spacial score (nSPS) is 26.6. The lowest BCUT2D eigenvalue weighted by Gasteiger charge is -2.13. The molecule has 3 atom stereocenters. The van der Waals surface area contributed by atoms with Gasteiger partial charge in [0.15, 0.2) is 0 Å². The summed E-state index contributed by atoms with van der Waals surface area (Å²) in [6, 6.07) is 0. The number of hydrogen-bond donors (Lipinski definition) is 0. The lowest BCUT2D eigenvalue weighted by atomic mass is 10.2. The number of ether oxygens (including phenoxy) is 3. The molecule has 0 bridgehead atoms. The fourth-order valence-corrected chi connectivity index (χ4v) is 3.02. The van der Waals surface area contributed by atoms with Crippen LogP contribution in [-0.2, 0) is 33.8 Å². The Morgan fingerprint density at radius 3 is 1.48 bits per heavy atom. The molecule has 0 aromatic carbocycles. The van der Waals surface area contributed by atoms with Crippen molar-refractivity contribution in [3.63, 3.8) is 0 Å². The third-order valence-electron chi connectivity index (χ3n) is 4.79. The van der Waals surface area contributed by atoms with Crippen LogP contribution in [0, 0.1) is 0 Å². The van der Waals surface area contributed by atoms with Crippen molar-refractivity contribution in [3.05, 3.63) is 31.5 Å². The van der Waals surface area contributed by atoms with Gasteiger partial charge in [-0.1, -0.05) is 0 Å². The monoisotopic (exact) mass is 353 g/mol. The van der Waals surface area contributed by atoms with Gasteiger partial charge in [0.05, 0.1) is 44.7 Å². The fourth-order valence-electron chi connectivity index (χ4n) is 3.02. The molecule has 0 N–H and O–H groups in total. The van der Waals surface area contributed by atoms with Crippen LogP contribution < -0.4 is 17.1 Å².